The van der Waals surface area contributed by atoms with Crippen molar-refractivity contribution in [1.29, 1.82) is 0 Å². The number of nitrogens with zero attached hydrogens (tertiary/aromatic N) is 4. The number of aromatic nitrogens is 4. The average molecular weight is 466 g/mol. The van der Waals surface area contributed by atoms with Gasteiger partial charge < -0.3 is 9.47 Å². The van der Waals surface area contributed by atoms with Gasteiger partial charge in [0.25, 0.3) is 10.0 Å². The summed E-state index contributed by atoms with van der Waals surface area (Å²) in [6.07, 6.45) is 3.11. The topological polar surface area (TPSA) is 108 Å². The average Bonchev–Trinajstić information content (AvgIpc) is 3.14. The Kier molecular flexibility index (Phi) is 6.27. The molecular formula is C23H23N5O4S. The summed E-state index contributed by atoms with van der Waals surface area (Å²) in [5, 5.41) is 0. The van der Waals surface area contributed by atoms with Crippen LogP contribution in [-0.2, 0) is 10.0 Å². The molecule has 2 heterocycles. The van der Waals surface area contributed by atoms with Crippen LogP contribution >= 0.6 is 0 Å². The van der Waals surface area contributed by atoms with Crippen molar-refractivity contribution in [2.24, 2.45) is 0 Å². The summed E-state index contributed by atoms with van der Waals surface area (Å²) in [5.41, 5.74) is 2.30. The number of benzene rings is 2. The maximum Gasteiger partial charge on any atom is 0.261 e. The van der Waals surface area contributed by atoms with Crippen molar-refractivity contribution >= 4 is 15.7 Å². The molecule has 170 valence electrons. The standard InChI is InChI=1S/C23H23N5O4S/c1-4-31-19-9-11-21(12-10-19)33(29,30)27-18-5-7-20(8-6-18)32-23-13-22(24-14-25-23)28-15-26-16(2)17(28)3/h5-15,27H,4H2,1-3H3. The van der Waals surface area contributed by atoms with Crippen LogP contribution in [0.2, 0.25) is 0 Å². The molecule has 0 aliphatic heterocycles. The highest BCUT2D eigenvalue weighted by Crippen LogP contribution is 2.25. The van der Waals surface area contributed by atoms with E-state index in [1.165, 1.54) is 18.5 Å². The van der Waals surface area contributed by atoms with E-state index in [0.29, 0.717) is 35.5 Å². The molecule has 2 aromatic carbocycles. The summed E-state index contributed by atoms with van der Waals surface area (Å²) < 4.78 is 40.9. The van der Waals surface area contributed by atoms with E-state index >= 15 is 0 Å². The second-order valence-corrected chi connectivity index (χ2v) is 8.82. The van der Waals surface area contributed by atoms with E-state index in [1.54, 1.807) is 48.8 Å². The molecule has 2 aromatic heterocycles. The van der Waals surface area contributed by atoms with E-state index in [-0.39, 0.29) is 4.90 Å². The Labute approximate surface area is 192 Å². The van der Waals surface area contributed by atoms with Crippen LogP contribution in [-0.4, -0.2) is 34.5 Å². The van der Waals surface area contributed by atoms with E-state index in [0.717, 1.165) is 11.4 Å². The summed E-state index contributed by atoms with van der Waals surface area (Å²) in [6, 6.07) is 14.5. The van der Waals surface area contributed by atoms with Crippen LogP contribution in [0, 0.1) is 13.8 Å². The minimum atomic E-state index is -3.73. The Morgan fingerprint density at radius 1 is 0.939 bits per heavy atom. The largest absolute Gasteiger partial charge is 0.494 e. The summed E-state index contributed by atoms with van der Waals surface area (Å²) in [5.74, 6) is 2.11. The molecule has 0 saturated heterocycles. The van der Waals surface area contributed by atoms with Crippen molar-refractivity contribution in [3.63, 3.8) is 0 Å². The predicted molar refractivity (Wildman–Crippen MR) is 124 cm³/mol. The van der Waals surface area contributed by atoms with Crippen molar-refractivity contribution in [3.8, 4) is 23.2 Å². The van der Waals surface area contributed by atoms with Crippen LogP contribution < -0.4 is 14.2 Å². The van der Waals surface area contributed by atoms with Gasteiger partial charge in [0.2, 0.25) is 5.88 Å². The monoisotopic (exact) mass is 465 g/mol. The molecule has 0 radical (unpaired) electrons. The zero-order chi connectivity index (χ0) is 23.4. The zero-order valence-corrected chi connectivity index (χ0v) is 19.2. The van der Waals surface area contributed by atoms with Gasteiger partial charge >= 0.3 is 0 Å². The van der Waals surface area contributed by atoms with E-state index in [1.807, 2.05) is 25.3 Å². The number of ether oxygens (including phenoxy) is 2. The van der Waals surface area contributed by atoms with Crippen LogP contribution in [0.5, 0.6) is 17.4 Å². The lowest BCUT2D eigenvalue weighted by atomic mass is 10.3. The van der Waals surface area contributed by atoms with Gasteiger partial charge in [-0.1, -0.05) is 0 Å². The molecule has 1 N–H and O–H groups in total. The fourth-order valence-corrected chi connectivity index (χ4v) is 4.11. The molecule has 0 bridgehead atoms. The van der Waals surface area contributed by atoms with Crippen molar-refractivity contribution in [2.75, 3.05) is 11.3 Å². The predicted octanol–water partition coefficient (Wildman–Crippen LogP) is 4.27. The van der Waals surface area contributed by atoms with Crippen LogP contribution in [0.3, 0.4) is 0 Å². The van der Waals surface area contributed by atoms with Gasteiger partial charge in [0.1, 0.15) is 30.0 Å². The van der Waals surface area contributed by atoms with E-state index in [2.05, 4.69) is 19.7 Å². The summed E-state index contributed by atoms with van der Waals surface area (Å²) in [7, 11) is -3.73. The second kappa shape index (κ2) is 9.29. The highest BCUT2D eigenvalue weighted by molar-refractivity contribution is 7.92. The summed E-state index contributed by atoms with van der Waals surface area (Å²) in [4.78, 5) is 12.8. The van der Waals surface area contributed by atoms with Crippen LogP contribution in [0.1, 0.15) is 18.3 Å². The van der Waals surface area contributed by atoms with Crippen LogP contribution in [0.25, 0.3) is 5.82 Å². The first-order chi connectivity index (χ1) is 15.9. The van der Waals surface area contributed by atoms with Crippen molar-refractivity contribution in [1.82, 2.24) is 19.5 Å². The van der Waals surface area contributed by atoms with E-state index in [9.17, 15) is 8.42 Å². The molecule has 0 spiro atoms. The molecule has 10 heteroatoms. The van der Waals surface area contributed by atoms with Gasteiger partial charge in [-0.25, -0.2) is 23.4 Å². The minimum absolute atomic E-state index is 0.143. The van der Waals surface area contributed by atoms with E-state index in [4.69, 9.17) is 9.47 Å². The van der Waals surface area contributed by atoms with Crippen molar-refractivity contribution < 1.29 is 17.9 Å². The second-order valence-electron chi connectivity index (χ2n) is 7.14. The number of aryl methyl sites for hydroxylation is 1. The molecule has 0 fully saturated rings. The number of hydrogen-bond donors (Lipinski definition) is 1. The van der Waals surface area contributed by atoms with Gasteiger partial charge in [-0.2, -0.15) is 0 Å². The van der Waals surface area contributed by atoms with Gasteiger partial charge in [0.05, 0.1) is 17.2 Å². The summed E-state index contributed by atoms with van der Waals surface area (Å²) >= 11 is 0. The molecule has 0 saturated carbocycles. The lowest BCUT2D eigenvalue weighted by Crippen LogP contribution is -2.12. The lowest BCUT2D eigenvalue weighted by Gasteiger charge is -2.11. The maximum absolute atomic E-state index is 12.6. The Bertz CT molecular complexity index is 1350. The quantitative estimate of drug-likeness (QED) is 0.414. The number of rotatable bonds is 8. The van der Waals surface area contributed by atoms with E-state index < -0.39 is 10.0 Å². The number of nitrogens with one attached hydrogen (secondary N) is 1. The molecule has 4 rings (SSSR count). The van der Waals surface area contributed by atoms with Gasteiger partial charge in [-0.05, 0) is 69.3 Å². The number of imidazole rings is 1. The highest BCUT2D eigenvalue weighted by atomic mass is 32.2. The minimum Gasteiger partial charge on any atom is -0.494 e. The smallest absolute Gasteiger partial charge is 0.261 e. The SMILES string of the molecule is CCOc1ccc(S(=O)(=O)Nc2ccc(Oc3cc(-n4cnc(C)c4C)ncn3)cc2)cc1. The van der Waals surface area contributed by atoms with Gasteiger partial charge in [0, 0.05) is 17.4 Å². The Hall–Kier alpha value is -3.92. The van der Waals surface area contributed by atoms with Gasteiger partial charge in [-0.15, -0.1) is 0 Å². The molecule has 33 heavy (non-hydrogen) atoms. The molecule has 9 nitrogen and oxygen atoms in total. The fourth-order valence-electron chi connectivity index (χ4n) is 3.05. The Morgan fingerprint density at radius 3 is 2.27 bits per heavy atom. The molecule has 0 atom stereocenters. The Morgan fingerprint density at radius 2 is 1.64 bits per heavy atom. The zero-order valence-electron chi connectivity index (χ0n) is 18.4. The van der Waals surface area contributed by atoms with Crippen LogP contribution in [0.15, 0.2) is 72.1 Å². The normalized spacial score (nSPS) is 11.2. The maximum atomic E-state index is 12.6. The van der Waals surface area contributed by atoms with Gasteiger partial charge in [-0.3, -0.25) is 9.29 Å². The first kappa shape index (κ1) is 22.3. The number of anilines is 1. The lowest BCUT2D eigenvalue weighted by molar-refractivity contribution is 0.340. The molecule has 4 aromatic rings. The molecule has 0 unspecified atom stereocenters. The molecule has 0 aliphatic carbocycles. The first-order valence-corrected chi connectivity index (χ1v) is 11.7. The number of sulfonamides is 1. The van der Waals surface area contributed by atoms with Crippen LogP contribution in [0.4, 0.5) is 5.69 Å². The van der Waals surface area contributed by atoms with Gasteiger partial charge in [0.15, 0.2) is 0 Å². The fraction of sp³-hybridized carbons (Fsp3) is 0.174. The first-order valence-electron chi connectivity index (χ1n) is 10.2. The Balaban J connectivity index is 1.45. The highest BCUT2D eigenvalue weighted by Gasteiger charge is 2.14. The molecule has 0 aliphatic rings. The van der Waals surface area contributed by atoms with Crippen molar-refractivity contribution in [2.45, 2.75) is 25.7 Å². The third-order valence-electron chi connectivity index (χ3n) is 4.90. The van der Waals surface area contributed by atoms with Crippen molar-refractivity contribution in [3.05, 3.63) is 78.6 Å². The summed E-state index contributed by atoms with van der Waals surface area (Å²) in [6.45, 7) is 6.26. The number of hydrogen-bond acceptors (Lipinski definition) is 7. The third kappa shape index (κ3) is 5.12. The molecule has 0 amide bonds. The molecular weight excluding hydrogens is 442 g/mol. The third-order valence-corrected chi connectivity index (χ3v) is 6.30.